The van der Waals surface area contributed by atoms with E-state index in [0.29, 0.717) is 6.07 Å². The summed E-state index contributed by atoms with van der Waals surface area (Å²) in [5.41, 5.74) is -23.0. The molecule has 1 saturated carbocycles. The molecule has 0 spiro atoms. The average Bonchev–Trinajstić information content (AvgIpc) is 3.73. The topological polar surface area (TPSA) is 97.1 Å². The Hall–Kier alpha value is -5.91. The zero-order valence-electron chi connectivity index (χ0n) is 23.2. The van der Waals surface area contributed by atoms with Crippen molar-refractivity contribution in [2.75, 3.05) is 0 Å². The maximum absolute atomic E-state index is 15.1. The van der Waals surface area contributed by atoms with E-state index in [4.69, 9.17) is 0 Å². The predicted octanol–water partition coefficient (Wildman–Crippen LogP) is 9.08. The molecule has 5 nitrogen and oxygen atoms in total. The van der Waals surface area contributed by atoms with Crippen molar-refractivity contribution in [3.05, 3.63) is 109 Å². The minimum atomic E-state index is -5.93. The quantitative estimate of drug-likeness (QED) is 0.152. The largest absolute Gasteiger partial charge is 0.436 e. The molecule has 0 aliphatic heterocycles. The Kier molecular flexibility index (Phi) is 9.24. The summed E-state index contributed by atoms with van der Waals surface area (Å²) >= 11 is 0. The van der Waals surface area contributed by atoms with E-state index in [1.54, 1.807) is 0 Å². The standard InChI is InChI=1S/C29H5F16N5/c30-4-8-1-9(3-10(2-8)27(37,38)39)11(5-46)14-15(12(6-47)17-19(31)23(28(40,41)42)49-25(35)21(17)33)16(14)13(7-48)18-20(32)24(29(43,44)45)50-26(36)22(18)34/h1-3H,4H2/b14-11?,15-12-,16-13+. The molecule has 1 fully saturated rings. The fourth-order valence-corrected chi connectivity index (χ4v) is 4.60. The molecule has 1 aliphatic rings. The van der Waals surface area contributed by atoms with E-state index in [0.717, 1.165) is 12.1 Å². The Morgan fingerprint density at radius 2 is 0.920 bits per heavy atom. The van der Waals surface area contributed by atoms with Crippen LogP contribution in [0, 0.1) is 69.2 Å². The lowest BCUT2D eigenvalue weighted by molar-refractivity contribution is -0.145. The van der Waals surface area contributed by atoms with E-state index in [-0.39, 0.29) is 12.1 Å². The number of hydrogen-bond acceptors (Lipinski definition) is 5. The van der Waals surface area contributed by atoms with Crippen LogP contribution in [0.1, 0.15) is 39.2 Å². The Labute approximate surface area is 265 Å². The van der Waals surface area contributed by atoms with Gasteiger partial charge in [0, 0.05) is 16.7 Å². The summed E-state index contributed by atoms with van der Waals surface area (Å²) in [4.78, 5) is 4.11. The lowest BCUT2D eigenvalue weighted by Gasteiger charge is -2.11. The second kappa shape index (κ2) is 12.5. The maximum atomic E-state index is 15.1. The van der Waals surface area contributed by atoms with Crippen LogP contribution >= 0.6 is 0 Å². The van der Waals surface area contributed by atoms with Gasteiger partial charge in [-0.05, 0) is 29.3 Å². The third-order valence-electron chi connectivity index (χ3n) is 6.65. The summed E-state index contributed by atoms with van der Waals surface area (Å²) in [6.07, 6.45) is -17.2. The van der Waals surface area contributed by atoms with Gasteiger partial charge in [0.2, 0.25) is 11.9 Å². The molecular weight excluding hydrogens is 722 g/mol. The molecule has 1 aromatic carbocycles. The van der Waals surface area contributed by atoms with Crippen LogP contribution in [0.25, 0.3) is 16.7 Å². The van der Waals surface area contributed by atoms with Gasteiger partial charge in [-0.15, -0.1) is 0 Å². The van der Waals surface area contributed by atoms with E-state index in [9.17, 15) is 77.3 Å². The second-order valence-electron chi connectivity index (χ2n) is 9.64. The molecular formula is C29H5F16N5. The monoisotopic (exact) mass is 727 g/mol. The second-order valence-corrected chi connectivity index (χ2v) is 9.64. The molecule has 0 radical (unpaired) electrons. The van der Waals surface area contributed by atoms with Crippen LogP contribution in [0.2, 0.25) is 0 Å². The highest BCUT2D eigenvalue weighted by molar-refractivity contribution is 6.12. The molecule has 0 unspecified atom stereocenters. The van der Waals surface area contributed by atoms with Crippen LogP contribution in [-0.2, 0) is 25.2 Å². The number of alkyl halides is 10. The van der Waals surface area contributed by atoms with Gasteiger partial charge in [-0.3, -0.25) is 0 Å². The highest BCUT2D eigenvalue weighted by atomic mass is 19.4. The summed E-state index contributed by atoms with van der Waals surface area (Å²) in [5, 5.41) is 29.5. The molecule has 50 heavy (non-hydrogen) atoms. The molecule has 0 atom stereocenters. The van der Waals surface area contributed by atoms with Crippen LogP contribution < -0.4 is 0 Å². The predicted molar refractivity (Wildman–Crippen MR) is 132 cm³/mol. The SMILES string of the molecule is N#CC(=C1C(=C(/C#N)c2c(F)c(F)nc(C(F)(F)F)c2F)/C1=C(/C#N)c1c(F)c(F)nc(C(F)(F)F)c1F)c1cc(CF)cc(C(F)(F)F)c1. The van der Waals surface area contributed by atoms with Crippen molar-refractivity contribution in [3.8, 4) is 18.2 Å². The first-order valence-corrected chi connectivity index (χ1v) is 12.5. The number of hydrogen-bond donors (Lipinski definition) is 0. The van der Waals surface area contributed by atoms with Gasteiger partial charge in [-0.25, -0.2) is 31.9 Å². The van der Waals surface area contributed by atoms with E-state index >= 15 is 8.78 Å². The first kappa shape index (κ1) is 36.9. The van der Waals surface area contributed by atoms with Gasteiger partial charge in [0.1, 0.15) is 24.9 Å². The lowest BCUT2D eigenvalue weighted by atomic mass is 9.98. The van der Waals surface area contributed by atoms with Gasteiger partial charge >= 0.3 is 18.5 Å². The average molecular weight is 727 g/mol. The van der Waals surface area contributed by atoms with Gasteiger partial charge in [0.25, 0.3) is 0 Å². The van der Waals surface area contributed by atoms with Crippen LogP contribution in [0.5, 0.6) is 0 Å². The Morgan fingerprint density at radius 1 is 0.540 bits per heavy atom. The lowest BCUT2D eigenvalue weighted by Crippen LogP contribution is -2.16. The van der Waals surface area contributed by atoms with Crippen LogP contribution in [0.15, 0.2) is 34.9 Å². The van der Waals surface area contributed by atoms with Crippen molar-refractivity contribution < 1.29 is 70.2 Å². The zero-order chi connectivity index (χ0) is 37.8. The molecule has 0 saturated heterocycles. The molecule has 21 heteroatoms. The van der Waals surface area contributed by atoms with Crippen molar-refractivity contribution in [1.29, 1.82) is 15.8 Å². The van der Waals surface area contributed by atoms with Crippen molar-refractivity contribution in [2.24, 2.45) is 0 Å². The van der Waals surface area contributed by atoms with E-state index in [1.807, 2.05) is 0 Å². The van der Waals surface area contributed by atoms with Gasteiger partial charge in [0.15, 0.2) is 34.7 Å². The molecule has 1 aliphatic carbocycles. The van der Waals surface area contributed by atoms with E-state index < -0.39 is 133 Å². The fraction of sp³-hybridized carbons (Fsp3) is 0.138. The van der Waals surface area contributed by atoms with Gasteiger partial charge in [-0.2, -0.15) is 64.1 Å². The normalized spacial score (nSPS) is 16.3. The van der Waals surface area contributed by atoms with Crippen LogP contribution in [-0.4, -0.2) is 9.97 Å². The summed E-state index contributed by atoms with van der Waals surface area (Å²) in [6, 6.07) is 3.75. The third kappa shape index (κ3) is 6.31. The maximum Gasteiger partial charge on any atom is 0.436 e. The van der Waals surface area contributed by atoms with Gasteiger partial charge in [0.05, 0.1) is 33.4 Å². The van der Waals surface area contributed by atoms with Crippen LogP contribution in [0.4, 0.5) is 70.2 Å². The summed E-state index contributed by atoms with van der Waals surface area (Å²) < 4.78 is 223. The highest BCUT2D eigenvalue weighted by Gasteiger charge is 2.48. The van der Waals surface area contributed by atoms with E-state index in [2.05, 4.69) is 9.97 Å². The molecule has 3 aromatic rings. The summed E-state index contributed by atoms with van der Waals surface area (Å²) in [5.74, 6) is -16.5. The molecule has 258 valence electrons. The zero-order valence-corrected chi connectivity index (χ0v) is 23.2. The molecule has 0 amide bonds. The smallest absolute Gasteiger partial charge is 0.246 e. The number of halogens is 16. The molecule has 0 bridgehead atoms. The molecule has 0 N–H and O–H groups in total. The third-order valence-corrected chi connectivity index (χ3v) is 6.65. The number of nitriles is 3. The Balaban J connectivity index is 2.33. The van der Waals surface area contributed by atoms with Gasteiger partial charge < -0.3 is 0 Å². The first-order valence-electron chi connectivity index (χ1n) is 12.5. The number of pyridine rings is 2. The first-order chi connectivity index (χ1) is 23.0. The summed E-state index contributed by atoms with van der Waals surface area (Å²) in [6.45, 7) is -1.68. The summed E-state index contributed by atoms with van der Waals surface area (Å²) in [7, 11) is 0. The number of aromatic nitrogens is 2. The number of rotatable bonds is 4. The van der Waals surface area contributed by atoms with Crippen molar-refractivity contribution in [3.63, 3.8) is 0 Å². The molecule has 4 rings (SSSR count). The van der Waals surface area contributed by atoms with Crippen molar-refractivity contribution >= 4 is 16.7 Å². The fourth-order valence-electron chi connectivity index (χ4n) is 4.60. The number of allylic oxidation sites excluding steroid dienone is 6. The molecule has 2 heterocycles. The minimum absolute atomic E-state index is 0.0976. The van der Waals surface area contributed by atoms with E-state index in [1.165, 1.54) is 6.07 Å². The highest BCUT2D eigenvalue weighted by Crippen LogP contribution is 2.57. The van der Waals surface area contributed by atoms with Gasteiger partial charge in [-0.1, -0.05) is 0 Å². The number of nitrogens with zero attached hydrogens (tertiary/aromatic N) is 5. The number of benzene rings is 1. The Bertz CT molecular complexity index is 2090. The molecule has 2 aromatic heterocycles. The van der Waals surface area contributed by atoms with Crippen molar-refractivity contribution in [2.45, 2.75) is 25.2 Å². The Morgan fingerprint density at radius 3 is 1.24 bits per heavy atom. The van der Waals surface area contributed by atoms with Crippen LogP contribution in [0.3, 0.4) is 0 Å². The van der Waals surface area contributed by atoms with Crippen molar-refractivity contribution in [1.82, 2.24) is 9.97 Å². The minimum Gasteiger partial charge on any atom is -0.246 e.